The molecule has 0 heterocycles. The van der Waals surface area contributed by atoms with Crippen LogP contribution in [-0.2, 0) is 4.74 Å². The van der Waals surface area contributed by atoms with Gasteiger partial charge in [0.25, 0.3) is 0 Å². The van der Waals surface area contributed by atoms with Crippen LogP contribution in [0.15, 0.2) is 22.9 Å². The van der Waals surface area contributed by atoms with Crippen LogP contribution in [0.3, 0.4) is 0 Å². The molecule has 82 valence electrons. The fourth-order valence-electron chi connectivity index (χ4n) is 0.947. The maximum absolute atomic E-state index is 6.08. The van der Waals surface area contributed by atoms with Gasteiger partial charge >= 0.3 is 0 Å². The minimum absolute atomic E-state index is 0.529. The van der Waals surface area contributed by atoms with Crippen molar-refractivity contribution in [1.82, 2.24) is 0 Å². The van der Waals surface area contributed by atoms with E-state index in [1.165, 1.54) is 0 Å². The summed E-state index contributed by atoms with van der Waals surface area (Å²) in [5.74, 6) is 1.35. The standard InChI is InChI=1S/C12H21ClO/c1-5-7-11(13)12(8-6-2)14-9-10(3)4/h7-8,10H,5-6,9H2,1-4H3/b11-7+,12-8+. The number of hydrogen-bond donors (Lipinski definition) is 0. The molecule has 0 saturated carbocycles. The highest BCUT2D eigenvalue weighted by molar-refractivity contribution is 6.31. The first-order valence-electron chi connectivity index (χ1n) is 5.30. The smallest absolute Gasteiger partial charge is 0.133 e. The molecule has 0 aliphatic heterocycles. The van der Waals surface area contributed by atoms with E-state index in [0.29, 0.717) is 5.92 Å². The van der Waals surface area contributed by atoms with Crippen molar-refractivity contribution in [3.8, 4) is 0 Å². The summed E-state index contributed by atoms with van der Waals surface area (Å²) >= 11 is 6.08. The van der Waals surface area contributed by atoms with Crippen molar-refractivity contribution in [3.63, 3.8) is 0 Å². The van der Waals surface area contributed by atoms with Gasteiger partial charge in [0.15, 0.2) is 0 Å². The number of allylic oxidation sites excluding steroid dienone is 3. The Hall–Kier alpha value is -0.430. The third kappa shape index (κ3) is 6.09. The van der Waals surface area contributed by atoms with E-state index in [1.54, 1.807) is 0 Å². The molecule has 0 amide bonds. The second kappa shape index (κ2) is 7.93. The van der Waals surface area contributed by atoms with Crippen LogP contribution in [0.25, 0.3) is 0 Å². The molecule has 0 aromatic carbocycles. The van der Waals surface area contributed by atoms with Crippen LogP contribution in [-0.4, -0.2) is 6.61 Å². The van der Waals surface area contributed by atoms with E-state index in [2.05, 4.69) is 27.7 Å². The first-order valence-corrected chi connectivity index (χ1v) is 5.68. The summed E-state index contributed by atoms with van der Waals surface area (Å²) in [5, 5.41) is 0.731. The summed E-state index contributed by atoms with van der Waals surface area (Å²) in [4.78, 5) is 0. The van der Waals surface area contributed by atoms with E-state index in [-0.39, 0.29) is 0 Å². The van der Waals surface area contributed by atoms with Crippen molar-refractivity contribution in [2.24, 2.45) is 5.92 Å². The van der Waals surface area contributed by atoms with Crippen molar-refractivity contribution in [3.05, 3.63) is 22.9 Å². The number of ether oxygens (including phenoxy) is 1. The van der Waals surface area contributed by atoms with Crippen LogP contribution in [0.2, 0.25) is 0 Å². The first-order chi connectivity index (χ1) is 6.61. The van der Waals surface area contributed by atoms with Gasteiger partial charge in [-0.1, -0.05) is 45.4 Å². The SMILES string of the molecule is CC/C=C(Cl)\C(=C/CC)OCC(C)C. The summed E-state index contributed by atoms with van der Waals surface area (Å²) in [6, 6.07) is 0. The molecule has 0 spiro atoms. The molecule has 0 aromatic rings. The Bertz CT molecular complexity index is 204. The zero-order valence-corrected chi connectivity index (χ0v) is 10.4. The Balaban J connectivity index is 4.30. The fourth-order valence-corrected chi connectivity index (χ4v) is 1.23. The summed E-state index contributed by atoms with van der Waals surface area (Å²) in [6.45, 7) is 9.12. The van der Waals surface area contributed by atoms with Gasteiger partial charge in [0.1, 0.15) is 5.76 Å². The predicted octanol–water partition coefficient (Wildman–Crippen LogP) is 4.49. The maximum atomic E-state index is 6.08. The van der Waals surface area contributed by atoms with E-state index < -0.39 is 0 Å². The number of hydrogen-bond acceptors (Lipinski definition) is 1. The van der Waals surface area contributed by atoms with E-state index in [0.717, 1.165) is 30.2 Å². The number of halogens is 1. The van der Waals surface area contributed by atoms with Crippen LogP contribution < -0.4 is 0 Å². The molecule has 0 unspecified atom stereocenters. The molecular formula is C12H21ClO. The van der Waals surface area contributed by atoms with Crippen LogP contribution >= 0.6 is 11.6 Å². The van der Waals surface area contributed by atoms with Crippen molar-refractivity contribution in [2.45, 2.75) is 40.5 Å². The molecule has 0 rings (SSSR count). The molecule has 0 atom stereocenters. The second-order valence-electron chi connectivity index (χ2n) is 3.64. The Kier molecular flexibility index (Phi) is 7.68. The van der Waals surface area contributed by atoms with Crippen LogP contribution in [0, 0.1) is 5.92 Å². The maximum Gasteiger partial charge on any atom is 0.133 e. The quantitative estimate of drug-likeness (QED) is 0.470. The molecular weight excluding hydrogens is 196 g/mol. The van der Waals surface area contributed by atoms with Crippen molar-refractivity contribution in [1.29, 1.82) is 0 Å². The van der Waals surface area contributed by atoms with Gasteiger partial charge in [-0.3, -0.25) is 0 Å². The normalized spacial score (nSPS) is 13.6. The minimum Gasteiger partial charge on any atom is -0.492 e. The van der Waals surface area contributed by atoms with Gasteiger partial charge < -0.3 is 4.74 Å². The molecule has 2 heteroatoms. The Morgan fingerprint density at radius 3 is 2.21 bits per heavy atom. The summed E-state index contributed by atoms with van der Waals surface area (Å²) in [7, 11) is 0. The highest BCUT2D eigenvalue weighted by Crippen LogP contribution is 2.18. The van der Waals surface area contributed by atoms with Gasteiger partial charge in [-0.2, -0.15) is 0 Å². The topological polar surface area (TPSA) is 9.23 Å². The van der Waals surface area contributed by atoms with Crippen molar-refractivity contribution >= 4 is 11.6 Å². The lowest BCUT2D eigenvalue weighted by atomic mass is 10.2. The Morgan fingerprint density at radius 2 is 1.79 bits per heavy atom. The molecule has 0 fully saturated rings. The van der Waals surface area contributed by atoms with Crippen LogP contribution in [0.4, 0.5) is 0 Å². The molecule has 0 N–H and O–H groups in total. The lowest BCUT2D eigenvalue weighted by Gasteiger charge is -2.11. The van der Waals surface area contributed by atoms with Gasteiger partial charge in [0, 0.05) is 0 Å². The molecule has 0 aliphatic rings. The zero-order chi connectivity index (χ0) is 11.0. The second-order valence-corrected chi connectivity index (χ2v) is 4.05. The summed E-state index contributed by atoms with van der Waals surface area (Å²) in [6.07, 6.45) is 5.88. The average molecular weight is 217 g/mol. The molecule has 1 nitrogen and oxygen atoms in total. The number of rotatable bonds is 6. The molecule has 14 heavy (non-hydrogen) atoms. The van der Waals surface area contributed by atoms with E-state index >= 15 is 0 Å². The van der Waals surface area contributed by atoms with E-state index in [1.807, 2.05) is 12.2 Å². The third-order valence-electron chi connectivity index (χ3n) is 1.58. The molecule has 0 radical (unpaired) electrons. The third-order valence-corrected chi connectivity index (χ3v) is 1.92. The Labute approximate surface area is 92.8 Å². The van der Waals surface area contributed by atoms with Crippen molar-refractivity contribution < 1.29 is 4.74 Å². The van der Waals surface area contributed by atoms with Crippen LogP contribution in [0.1, 0.15) is 40.5 Å². The molecule has 0 aliphatic carbocycles. The fraction of sp³-hybridized carbons (Fsp3) is 0.667. The lowest BCUT2D eigenvalue weighted by molar-refractivity contribution is 0.187. The van der Waals surface area contributed by atoms with Gasteiger partial charge in [-0.25, -0.2) is 0 Å². The van der Waals surface area contributed by atoms with Crippen molar-refractivity contribution in [2.75, 3.05) is 6.61 Å². The Morgan fingerprint density at radius 1 is 1.21 bits per heavy atom. The highest BCUT2D eigenvalue weighted by atomic mass is 35.5. The molecule has 0 saturated heterocycles. The first kappa shape index (κ1) is 13.6. The molecule has 0 aromatic heterocycles. The lowest BCUT2D eigenvalue weighted by Crippen LogP contribution is -2.02. The van der Waals surface area contributed by atoms with E-state index in [4.69, 9.17) is 16.3 Å². The largest absolute Gasteiger partial charge is 0.492 e. The highest BCUT2D eigenvalue weighted by Gasteiger charge is 2.03. The van der Waals surface area contributed by atoms with Gasteiger partial charge in [-0.15, -0.1) is 0 Å². The average Bonchev–Trinajstić information content (AvgIpc) is 2.12. The zero-order valence-electron chi connectivity index (χ0n) is 9.64. The predicted molar refractivity (Wildman–Crippen MR) is 63.4 cm³/mol. The van der Waals surface area contributed by atoms with Gasteiger partial charge in [0.2, 0.25) is 0 Å². The van der Waals surface area contributed by atoms with E-state index in [9.17, 15) is 0 Å². The monoisotopic (exact) mass is 216 g/mol. The van der Waals surface area contributed by atoms with Crippen LogP contribution in [0.5, 0.6) is 0 Å². The van der Waals surface area contributed by atoms with Gasteiger partial charge in [0.05, 0.1) is 11.6 Å². The summed E-state index contributed by atoms with van der Waals surface area (Å²) < 4.78 is 5.62. The minimum atomic E-state index is 0.529. The molecule has 0 bridgehead atoms. The summed E-state index contributed by atoms with van der Waals surface area (Å²) in [5.41, 5.74) is 0. The van der Waals surface area contributed by atoms with Gasteiger partial charge in [-0.05, 0) is 24.8 Å².